The van der Waals surface area contributed by atoms with Crippen LogP contribution in [-0.4, -0.2) is 59.4 Å². The van der Waals surface area contributed by atoms with Gasteiger partial charge in [0.05, 0.1) is 12.6 Å². The molecule has 3 heterocycles. The largest absolute Gasteiger partial charge is 0.393 e. The smallest absolute Gasteiger partial charge is 0.351 e. The molecule has 4 rings (SSSR count). The molecule has 0 spiro atoms. The second-order valence-corrected chi connectivity index (χ2v) is 11.0. The van der Waals surface area contributed by atoms with Crippen molar-refractivity contribution in [1.29, 1.82) is 0 Å². The van der Waals surface area contributed by atoms with Crippen molar-refractivity contribution in [1.82, 2.24) is 14.5 Å². The average Bonchev–Trinajstić information content (AvgIpc) is 3.40. The monoisotopic (exact) mass is 547 g/mol. The molecular formula is C28H46ClN7O2. The van der Waals surface area contributed by atoms with Gasteiger partial charge in [-0.2, -0.15) is 4.98 Å². The first-order valence-corrected chi connectivity index (χ1v) is 14.3. The molecule has 38 heavy (non-hydrogen) atoms. The molecule has 3 atom stereocenters. The normalized spacial score (nSPS) is 20.8. The van der Waals surface area contributed by atoms with Crippen molar-refractivity contribution in [3.63, 3.8) is 0 Å². The van der Waals surface area contributed by atoms with Crippen LogP contribution < -0.4 is 27.2 Å². The molecule has 1 aromatic carbocycles. The van der Waals surface area contributed by atoms with Crippen LogP contribution in [-0.2, 0) is 11.8 Å². The standard InChI is InChI=1S/C26H40ClN7O2.C2H6/c1-17(2)14-22(19-7-9-20(27)10-8-19)32-11-12-33(18(3)15-32)24-23(28)25(31(4)26(35)30-24)34(29)16-21-6-5-13-36-21;1-2/h7-10,17-18,21-22H,5-6,11-16,28-29H2,1-4H3;1-2H3. The molecule has 2 saturated heterocycles. The minimum atomic E-state index is -0.370. The minimum absolute atomic E-state index is 0.0364. The van der Waals surface area contributed by atoms with E-state index in [1.807, 2.05) is 26.0 Å². The van der Waals surface area contributed by atoms with Crippen molar-refractivity contribution in [3.8, 4) is 0 Å². The molecule has 2 fully saturated rings. The third kappa shape index (κ3) is 7.00. The van der Waals surface area contributed by atoms with E-state index in [9.17, 15) is 4.79 Å². The summed E-state index contributed by atoms with van der Waals surface area (Å²) in [6, 6.07) is 8.59. The van der Waals surface area contributed by atoms with Crippen LogP contribution in [0, 0.1) is 5.92 Å². The summed E-state index contributed by atoms with van der Waals surface area (Å²) in [5.74, 6) is 7.95. The van der Waals surface area contributed by atoms with Gasteiger partial charge in [-0.3, -0.25) is 14.5 Å². The first-order valence-electron chi connectivity index (χ1n) is 13.9. The Kier molecular flexibility index (Phi) is 10.8. The van der Waals surface area contributed by atoms with Crippen molar-refractivity contribution in [3.05, 3.63) is 45.3 Å². The van der Waals surface area contributed by atoms with Crippen LogP contribution in [0.3, 0.4) is 0 Å². The highest BCUT2D eigenvalue weighted by atomic mass is 35.5. The topological polar surface area (TPSA) is 106 Å². The van der Waals surface area contributed by atoms with Crippen LogP contribution in [0.5, 0.6) is 0 Å². The van der Waals surface area contributed by atoms with E-state index in [2.05, 4.69) is 47.7 Å². The van der Waals surface area contributed by atoms with Gasteiger partial charge < -0.3 is 15.4 Å². The van der Waals surface area contributed by atoms with E-state index in [1.165, 1.54) is 15.1 Å². The van der Waals surface area contributed by atoms with Gasteiger partial charge in [-0.1, -0.05) is 51.4 Å². The summed E-state index contributed by atoms with van der Waals surface area (Å²) in [5.41, 5.74) is 7.96. The molecule has 9 nitrogen and oxygen atoms in total. The summed E-state index contributed by atoms with van der Waals surface area (Å²) in [7, 11) is 1.66. The van der Waals surface area contributed by atoms with E-state index in [0.717, 1.165) is 44.0 Å². The Labute approximate surface area is 232 Å². The highest BCUT2D eigenvalue weighted by Gasteiger charge is 2.33. The lowest BCUT2D eigenvalue weighted by Gasteiger charge is -2.44. The van der Waals surface area contributed by atoms with Crippen LogP contribution in [0.2, 0.25) is 5.02 Å². The fraction of sp³-hybridized carbons (Fsp3) is 0.643. The summed E-state index contributed by atoms with van der Waals surface area (Å²) < 4.78 is 7.16. The number of nitrogens with zero attached hydrogens (tertiary/aromatic N) is 5. The van der Waals surface area contributed by atoms with Crippen molar-refractivity contribution in [2.45, 2.75) is 72.1 Å². The third-order valence-corrected chi connectivity index (χ3v) is 7.56. The van der Waals surface area contributed by atoms with Crippen LogP contribution in [0.25, 0.3) is 0 Å². The number of halogens is 1. The van der Waals surface area contributed by atoms with Crippen LogP contribution >= 0.6 is 11.6 Å². The summed E-state index contributed by atoms with van der Waals surface area (Å²) in [5, 5.41) is 2.29. The summed E-state index contributed by atoms with van der Waals surface area (Å²) in [6.45, 7) is 14.3. The van der Waals surface area contributed by atoms with Gasteiger partial charge in [-0.05, 0) is 49.8 Å². The summed E-state index contributed by atoms with van der Waals surface area (Å²) in [6.07, 6.45) is 3.05. The molecule has 2 aliphatic heterocycles. The van der Waals surface area contributed by atoms with Crippen molar-refractivity contribution >= 4 is 28.9 Å². The van der Waals surface area contributed by atoms with E-state index >= 15 is 0 Å². The Morgan fingerprint density at radius 1 is 1.21 bits per heavy atom. The lowest BCUT2D eigenvalue weighted by Crippen LogP contribution is -2.54. The van der Waals surface area contributed by atoms with Gasteiger partial charge in [0.2, 0.25) is 0 Å². The maximum Gasteiger partial charge on any atom is 0.351 e. The van der Waals surface area contributed by atoms with Gasteiger partial charge in [-0.25, -0.2) is 10.6 Å². The third-order valence-electron chi connectivity index (χ3n) is 7.31. The van der Waals surface area contributed by atoms with Crippen LogP contribution in [0.4, 0.5) is 17.3 Å². The van der Waals surface area contributed by atoms with Gasteiger partial charge in [0.15, 0.2) is 11.6 Å². The number of ether oxygens (including phenoxy) is 1. The van der Waals surface area contributed by atoms with E-state index < -0.39 is 0 Å². The summed E-state index contributed by atoms with van der Waals surface area (Å²) >= 11 is 6.15. The van der Waals surface area contributed by atoms with Crippen LogP contribution in [0.15, 0.2) is 29.1 Å². The Morgan fingerprint density at radius 2 is 1.89 bits per heavy atom. The molecule has 10 heteroatoms. The first-order chi connectivity index (χ1) is 18.2. The predicted octanol–water partition coefficient (Wildman–Crippen LogP) is 4.20. The molecule has 0 radical (unpaired) electrons. The van der Waals surface area contributed by atoms with Gasteiger partial charge >= 0.3 is 5.69 Å². The molecule has 1 aromatic heterocycles. The van der Waals surface area contributed by atoms with Gasteiger partial charge in [0.1, 0.15) is 5.69 Å². The zero-order chi connectivity index (χ0) is 28.0. The highest BCUT2D eigenvalue weighted by molar-refractivity contribution is 6.30. The number of nitrogens with two attached hydrogens (primary N) is 2. The Bertz CT molecular complexity index is 1090. The number of nitrogen functional groups attached to an aromatic ring is 1. The fourth-order valence-electron chi connectivity index (χ4n) is 5.47. The molecule has 2 aromatic rings. The molecule has 0 saturated carbocycles. The van der Waals surface area contributed by atoms with Crippen molar-refractivity contribution in [2.24, 2.45) is 18.8 Å². The number of hydrogen-bond acceptors (Lipinski definition) is 8. The second-order valence-electron chi connectivity index (χ2n) is 10.5. The van der Waals surface area contributed by atoms with Crippen molar-refractivity contribution in [2.75, 3.05) is 48.4 Å². The second kappa shape index (κ2) is 13.6. The first kappa shape index (κ1) is 30.2. The number of rotatable bonds is 8. The van der Waals surface area contributed by atoms with E-state index in [-0.39, 0.29) is 17.8 Å². The number of hydrazine groups is 1. The molecule has 0 bridgehead atoms. The fourth-order valence-corrected chi connectivity index (χ4v) is 5.59. The molecule has 0 amide bonds. The van der Waals surface area contributed by atoms with Crippen LogP contribution in [0.1, 0.15) is 65.5 Å². The quantitative estimate of drug-likeness (QED) is 0.374. The van der Waals surface area contributed by atoms with Crippen molar-refractivity contribution < 1.29 is 4.74 Å². The zero-order valence-electron chi connectivity index (χ0n) is 23.9. The zero-order valence-corrected chi connectivity index (χ0v) is 24.6. The minimum Gasteiger partial charge on any atom is -0.393 e. The van der Waals surface area contributed by atoms with Gasteiger partial charge in [-0.15, -0.1) is 0 Å². The van der Waals surface area contributed by atoms with Gasteiger partial charge in [0, 0.05) is 50.4 Å². The molecule has 3 unspecified atom stereocenters. The number of aromatic nitrogens is 2. The Morgan fingerprint density at radius 3 is 2.47 bits per heavy atom. The number of piperazine rings is 1. The molecular weight excluding hydrogens is 502 g/mol. The van der Waals surface area contributed by atoms with E-state index in [4.69, 9.17) is 27.9 Å². The highest BCUT2D eigenvalue weighted by Crippen LogP contribution is 2.34. The Hall–Kier alpha value is -2.33. The number of hydrogen-bond donors (Lipinski definition) is 2. The lowest BCUT2D eigenvalue weighted by molar-refractivity contribution is 0.115. The molecule has 2 aliphatic rings. The number of anilines is 3. The average molecular weight is 548 g/mol. The predicted molar refractivity (Wildman–Crippen MR) is 158 cm³/mol. The SMILES string of the molecule is CC.CC(C)CC(c1ccc(Cl)cc1)N1CCN(c2nc(=O)n(C)c(N(N)CC3CCCO3)c2N)C(C)C1. The van der Waals surface area contributed by atoms with E-state index in [0.29, 0.717) is 42.4 Å². The maximum atomic E-state index is 12.8. The molecule has 0 aliphatic carbocycles. The molecule has 4 N–H and O–H groups in total. The maximum absolute atomic E-state index is 12.8. The Balaban J connectivity index is 0.00000195. The van der Waals surface area contributed by atoms with E-state index in [1.54, 1.807) is 7.05 Å². The summed E-state index contributed by atoms with van der Waals surface area (Å²) in [4.78, 5) is 21.9. The lowest BCUT2D eigenvalue weighted by atomic mass is 9.94. The molecule has 212 valence electrons. The number of benzene rings is 1. The van der Waals surface area contributed by atoms with Gasteiger partial charge in [0.25, 0.3) is 0 Å².